The van der Waals surface area contributed by atoms with E-state index in [1.807, 2.05) is 36.8 Å². The molecule has 0 aliphatic carbocycles. The highest BCUT2D eigenvalue weighted by molar-refractivity contribution is 5.95. The van der Waals surface area contributed by atoms with Crippen LogP contribution in [0.2, 0.25) is 0 Å². The third-order valence-electron chi connectivity index (χ3n) is 3.98. The van der Waals surface area contributed by atoms with Crippen LogP contribution in [-0.4, -0.2) is 15.0 Å². The van der Waals surface area contributed by atoms with E-state index in [1.165, 1.54) is 16.7 Å². The van der Waals surface area contributed by atoms with Gasteiger partial charge in [0.25, 0.3) is 0 Å². The topological polar surface area (TPSA) is 67.6 Å². The molecule has 0 spiro atoms. The van der Waals surface area contributed by atoms with Gasteiger partial charge in [0.2, 0.25) is 0 Å². The van der Waals surface area contributed by atoms with Crippen molar-refractivity contribution in [3.05, 3.63) is 78.2 Å². The Morgan fingerprint density at radius 2 is 1.83 bits per heavy atom. The number of fused-ring (bicyclic) bond motifs is 1. The first-order valence-electron chi connectivity index (χ1n) is 7.52. The van der Waals surface area contributed by atoms with Crippen LogP contribution in [0.1, 0.15) is 11.1 Å². The van der Waals surface area contributed by atoms with E-state index in [-0.39, 0.29) is 0 Å². The van der Waals surface area contributed by atoms with Gasteiger partial charge in [0.1, 0.15) is 11.5 Å². The molecule has 3 aromatic heterocycles. The van der Waals surface area contributed by atoms with Crippen LogP contribution in [0.5, 0.6) is 0 Å². The molecular formula is C19H16N4. The molecule has 0 aliphatic heterocycles. The summed E-state index contributed by atoms with van der Waals surface area (Å²) in [5.74, 6) is 0.541. The van der Waals surface area contributed by atoms with Gasteiger partial charge in [0.15, 0.2) is 0 Å². The normalized spacial score (nSPS) is 11.0. The maximum atomic E-state index is 5.66. The standard InChI is InChI=1S/C19H16N4/c20-17-7-6-13(11-22-17)10-15-12-23-19-18(15)16(8-9-21-19)14-4-2-1-3-5-14/h1-9,11-12H,10H2,(H2,20,22)(H,21,23). The molecular weight excluding hydrogens is 284 g/mol. The molecule has 0 saturated heterocycles. The third kappa shape index (κ3) is 2.55. The molecule has 23 heavy (non-hydrogen) atoms. The van der Waals surface area contributed by atoms with E-state index in [0.29, 0.717) is 5.82 Å². The van der Waals surface area contributed by atoms with E-state index < -0.39 is 0 Å². The third-order valence-corrected chi connectivity index (χ3v) is 3.98. The Hall–Kier alpha value is -3.14. The molecule has 3 N–H and O–H groups in total. The van der Waals surface area contributed by atoms with Crippen molar-refractivity contribution in [1.29, 1.82) is 0 Å². The number of aromatic nitrogens is 3. The van der Waals surface area contributed by atoms with Crippen LogP contribution in [0, 0.1) is 0 Å². The Labute approximate surface area is 134 Å². The number of nitrogens with two attached hydrogens (primary N) is 1. The number of hydrogen-bond donors (Lipinski definition) is 2. The van der Waals surface area contributed by atoms with E-state index in [1.54, 1.807) is 0 Å². The Balaban J connectivity index is 1.83. The molecule has 0 saturated carbocycles. The lowest BCUT2D eigenvalue weighted by Gasteiger charge is -2.06. The first-order valence-corrected chi connectivity index (χ1v) is 7.52. The summed E-state index contributed by atoms with van der Waals surface area (Å²) < 4.78 is 0. The largest absolute Gasteiger partial charge is 0.384 e. The molecule has 0 aliphatic rings. The zero-order valence-electron chi connectivity index (χ0n) is 12.5. The van der Waals surface area contributed by atoms with Crippen molar-refractivity contribution in [3.63, 3.8) is 0 Å². The average molecular weight is 300 g/mol. The van der Waals surface area contributed by atoms with Crippen molar-refractivity contribution in [3.8, 4) is 11.1 Å². The Morgan fingerprint density at radius 3 is 2.61 bits per heavy atom. The molecule has 4 aromatic rings. The second kappa shape index (κ2) is 5.57. The van der Waals surface area contributed by atoms with E-state index in [2.05, 4.69) is 45.3 Å². The summed E-state index contributed by atoms with van der Waals surface area (Å²) >= 11 is 0. The zero-order valence-corrected chi connectivity index (χ0v) is 12.5. The van der Waals surface area contributed by atoms with Gasteiger partial charge in [-0.1, -0.05) is 36.4 Å². The number of hydrogen-bond acceptors (Lipinski definition) is 3. The van der Waals surface area contributed by atoms with Crippen molar-refractivity contribution < 1.29 is 0 Å². The van der Waals surface area contributed by atoms with E-state index in [0.717, 1.165) is 23.0 Å². The van der Waals surface area contributed by atoms with Crippen LogP contribution in [-0.2, 0) is 6.42 Å². The van der Waals surface area contributed by atoms with Gasteiger partial charge in [-0.2, -0.15) is 0 Å². The number of pyridine rings is 2. The predicted octanol–water partition coefficient (Wildman–Crippen LogP) is 3.80. The lowest BCUT2D eigenvalue weighted by atomic mass is 9.98. The van der Waals surface area contributed by atoms with E-state index >= 15 is 0 Å². The van der Waals surface area contributed by atoms with Gasteiger partial charge in [-0.15, -0.1) is 0 Å². The molecule has 112 valence electrons. The van der Waals surface area contributed by atoms with E-state index in [9.17, 15) is 0 Å². The SMILES string of the molecule is Nc1ccc(Cc2c[nH]c3nccc(-c4ccccc4)c23)cn1. The molecule has 0 atom stereocenters. The van der Waals surface area contributed by atoms with Crippen molar-refractivity contribution >= 4 is 16.9 Å². The number of nitrogens with zero attached hydrogens (tertiary/aromatic N) is 2. The minimum Gasteiger partial charge on any atom is -0.384 e. The minimum absolute atomic E-state index is 0.541. The number of aromatic amines is 1. The minimum atomic E-state index is 0.541. The highest BCUT2D eigenvalue weighted by Crippen LogP contribution is 2.30. The monoisotopic (exact) mass is 300 g/mol. The lowest BCUT2D eigenvalue weighted by Crippen LogP contribution is -1.93. The highest BCUT2D eigenvalue weighted by atomic mass is 14.8. The van der Waals surface area contributed by atoms with Gasteiger partial charge in [-0.3, -0.25) is 0 Å². The second-order valence-corrected chi connectivity index (χ2v) is 5.53. The fraction of sp³-hybridized carbons (Fsp3) is 0.0526. The number of rotatable bonds is 3. The fourth-order valence-corrected chi connectivity index (χ4v) is 2.88. The summed E-state index contributed by atoms with van der Waals surface area (Å²) in [6.45, 7) is 0. The summed E-state index contributed by atoms with van der Waals surface area (Å²) in [5, 5.41) is 1.16. The summed E-state index contributed by atoms with van der Waals surface area (Å²) in [5.41, 5.74) is 11.3. The summed E-state index contributed by atoms with van der Waals surface area (Å²) in [4.78, 5) is 11.9. The molecule has 0 radical (unpaired) electrons. The number of anilines is 1. The molecule has 4 rings (SSSR count). The Bertz CT molecular complexity index is 940. The summed E-state index contributed by atoms with van der Waals surface area (Å²) in [6, 6.07) is 16.3. The molecule has 4 heteroatoms. The van der Waals surface area contributed by atoms with Crippen molar-refractivity contribution in [1.82, 2.24) is 15.0 Å². The van der Waals surface area contributed by atoms with Gasteiger partial charge in [-0.05, 0) is 34.4 Å². The summed E-state index contributed by atoms with van der Waals surface area (Å²) in [7, 11) is 0. The van der Waals surface area contributed by atoms with Crippen LogP contribution in [0.15, 0.2) is 67.1 Å². The molecule has 0 bridgehead atoms. The Morgan fingerprint density at radius 1 is 0.957 bits per heavy atom. The van der Waals surface area contributed by atoms with Gasteiger partial charge in [-0.25, -0.2) is 9.97 Å². The van der Waals surface area contributed by atoms with Gasteiger partial charge < -0.3 is 10.7 Å². The quantitative estimate of drug-likeness (QED) is 0.604. The van der Waals surface area contributed by atoms with Crippen LogP contribution >= 0.6 is 0 Å². The fourth-order valence-electron chi connectivity index (χ4n) is 2.88. The van der Waals surface area contributed by atoms with Gasteiger partial charge in [0.05, 0.1) is 0 Å². The molecule has 0 fully saturated rings. The van der Waals surface area contributed by atoms with E-state index in [4.69, 9.17) is 5.73 Å². The molecule has 4 nitrogen and oxygen atoms in total. The number of nitrogen functional groups attached to an aromatic ring is 1. The lowest BCUT2D eigenvalue weighted by molar-refractivity contribution is 1.16. The van der Waals surface area contributed by atoms with Crippen LogP contribution in [0.3, 0.4) is 0 Å². The highest BCUT2D eigenvalue weighted by Gasteiger charge is 2.11. The molecule has 3 heterocycles. The van der Waals surface area contributed by atoms with Crippen LogP contribution in [0.25, 0.3) is 22.2 Å². The van der Waals surface area contributed by atoms with Crippen molar-refractivity contribution in [2.24, 2.45) is 0 Å². The summed E-state index contributed by atoms with van der Waals surface area (Å²) in [6.07, 6.45) is 6.49. The van der Waals surface area contributed by atoms with Crippen LogP contribution < -0.4 is 5.73 Å². The van der Waals surface area contributed by atoms with Gasteiger partial charge >= 0.3 is 0 Å². The number of benzene rings is 1. The van der Waals surface area contributed by atoms with Crippen LogP contribution in [0.4, 0.5) is 5.82 Å². The van der Waals surface area contributed by atoms with Crippen molar-refractivity contribution in [2.45, 2.75) is 6.42 Å². The molecule has 0 amide bonds. The smallest absolute Gasteiger partial charge is 0.138 e. The number of H-pyrrole nitrogens is 1. The Kier molecular flexibility index (Phi) is 3.27. The first kappa shape index (κ1) is 13.5. The first-order chi connectivity index (χ1) is 11.3. The van der Waals surface area contributed by atoms with Gasteiger partial charge in [0, 0.05) is 30.4 Å². The molecule has 1 aromatic carbocycles. The zero-order chi connectivity index (χ0) is 15.6. The molecule has 0 unspecified atom stereocenters. The second-order valence-electron chi connectivity index (χ2n) is 5.53. The van der Waals surface area contributed by atoms with Crippen molar-refractivity contribution in [2.75, 3.05) is 5.73 Å². The number of nitrogens with one attached hydrogen (secondary N) is 1. The maximum Gasteiger partial charge on any atom is 0.138 e. The maximum absolute atomic E-state index is 5.66. The average Bonchev–Trinajstić information content (AvgIpc) is 3.01. The predicted molar refractivity (Wildman–Crippen MR) is 93.0 cm³/mol.